The number of methoxy groups -OCH3 is 1. The number of aryl methyl sites for hydroxylation is 1. The first-order chi connectivity index (χ1) is 11.5. The molecule has 1 aromatic carbocycles. The fourth-order valence-corrected chi connectivity index (χ4v) is 2.84. The van der Waals surface area contributed by atoms with E-state index < -0.39 is 12.1 Å². The molecule has 0 spiro atoms. The van der Waals surface area contributed by atoms with Gasteiger partial charge in [-0.1, -0.05) is 12.1 Å². The molecule has 2 heterocycles. The normalized spacial score (nSPS) is 17.6. The minimum atomic E-state index is -4.17. The smallest absolute Gasteiger partial charge is 0.393 e. The molecule has 0 amide bonds. The van der Waals surface area contributed by atoms with Crippen LogP contribution in [-0.4, -0.2) is 28.1 Å². The summed E-state index contributed by atoms with van der Waals surface area (Å²) in [5.74, 6) is 0.647. The Morgan fingerprint density at radius 3 is 2.62 bits per heavy atom. The van der Waals surface area contributed by atoms with E-state index in [4.69, 9.17) is 4.74 Å². The molecule has 130 valence electrons. The average molecular weight is 340 g/mol. The van der Waals surface area contributed by atoms with Gasteiger partial charge in [0.15, 0.2) is 0 Å². The zero-order valence-electron chi connectivity index (χ0n) is 13.3. The van der Waals surface area contributed by atoms with E-state index in [9.17, 15) is 13.2 Å². The second-order valence-corrected chi connectivity index (χ2v) is 5.87. The first-order valence-electron chi connectivity index (χ1n) is 7.78. The van der Waals surface area contributed by atoms with Crippen LogP contribution in [0.25, 0.3) is 0 Å². The fraction of sp³-hybridized carbons (Fsp3) is 0.500. The number of fused-ring (bicyclic) bond motifs is 1. The molecule has 0 fully saturated rings. The van der Waals surface area contributed by atoms with E-state index in [0.717, 1.165) is 11.3 Å². The Kier molecular flexibility index (Phi) is 4.75. The maximum absolute atomic E-state index is 12.9. The van der Waals surface area contributed by atoms with E-state index in [1.807, 2.05) is 24.3 Å². The third-order valence-corrected chi connectivity index (χ3v) is 4.26. The van der Waals surface area contributed by atoms with E-state index in [1.165, 1.54) is 0 Å². The second-order valence-electron chi connectivity index (χ2n) is 5.87. The van der Waals surface area contributed by atoms with E-state index in [1.54, 1.807) is 11.7 Å². The van der Waals surface area contributed by atoms with Crippen LogP contribution in [-0.2, 0) is 26.1 Å². The van der Waals surface area contributed by atoms with Gasteiger partial charge < -0.3 is 14.6 Å². The summed E-state index contributed by atoms with van der Waals surface area (Å²) in [5.41, 5.74) is 1.06. The summed E-state index contributed by atoms with van der Waals surface area (Å²) in [5, 5.41) is 11.2. The van der Waals surface area contributed by atoms with Gasteiger partial charge in [0.25, 0.3) is 0 Å². The minimum absolute atomic E-state index is 0.0842. The lowest BCUT2D eigenvalue weighted by molar-refractivity contribution is -0.182. The molecular formula is C16H19F3N4O. The van der Waals surface area contributed by atoms with Crippen molar-refractivity contribution in [1.82, 2.24) is 20.1 Å². The number of ether oxygens (including phenoxy) is 1. The van der Waals surface area contributed by atoms with Crippen LogP contribution in [0.3, 0.4) is 0 Å². The van der Waals surface area contributed by atoms with Crippen molar-refractivity contribution >= 4 is 0 Å². The zero-order chi connectivity index (χ0) is 17.2. The van der Waals surface area contributed by atoms with E-state index in [2.05, 4.69) is 15.5 Å². The molecule has 0 radical (unpaired) electrons. The van der Waals surface area contributed by atoms with Crippen molar-refractivity contribution in [3.8, 4) is 5.75 Å². The number of nitrogens with one attached hydrogen (secondary N) is 1. The van der Waals surface area contributed by atoms with Crippen molar-refractivity contribution in [3.05, 3.63) is 41.5 Å². The second kappa shape index (κ2) is 6.80. The maximum Gasteiger partial charge on any atom is 0.393 e. The molecule has 0 aliphatic carbocycles. The minimum Gasteiger partial charge on any atom is -0.497 e. The summed E-state index contributed by atoms with van der Waals surface area (Å²) in [4.78, 5) is 0. The molecule has 1 atom stereocenters. The highest BCUT2D eigenvalue weighted by atomic mass is 19.4. The van der Waals surface area contributed by atoms with Gasteiger partial charge in [0.05, 0.1) is 19.6 Å². The van der Waals surface area contributed by atoms with Gasteiger partial charge in [-0.2, -0.15) is 13.2 Å². The summed E-state index contributed by atoms with van der Waals surface area (Å²) in [6.45, 7) is 0.879. The molecule has 0 unspecified atom stereocenters. The van der Waals surface area contributed by atoms with Gasteiger partial charge in [0.1, 0.15) is 17.4 Å². The molecular weight excluding hydrogens is 321 g/mol. The topological polar surface area (TPSA) is 52.0 Å². The van der Waals surface area contributed by atoms with E-state index in [0.29, 0.717) is 31.2 Å². The average Bonchev–Trinajstić information content (AvgIpc) is 2.97. The summed E-state index contributed by atoms with van der Waals surface area (Å²) in [7, 11) is 1.61. The summed E-state index contributed by atoms with van der Waals surface area (Å²) >= 11 is 0. The number of aromatic nitrogens is 3. The molecule has 1 N–H and O–H groups in total. The monoisotopic (exact) mass is 340 g/mol. The molecule has 8 heteroatoms. The fourth-order valence-electron chi connectivity index (χ4n) is 2.84. The van der Waals surface area contributed by atoms with E-state index >= 15 is 0 Å². The number of rotatable bonds is 5. The lowest BCUT2D eigenvalue weighted by Gasteiger charge is -2.26. The lowest BCUT2D eigenvalue weighted by Crippen LogP contribution is -2.33. The summed E-state index contributed by atoms with van der Waals surface area (Å²) in [6, 6.07) is 7.60. The molecule has 0 saturated carbocycles. The Balaban J connectivity index is 1.59. The number of hydrogen-bond donors (Lipinski definition) is 1. The van der Waals surface area contributed by atoms with Crippen molar-refractivity contribution in [2.45, 2.75) is 38.7 Å². The molecule has 3 rings (SSSR count). The molecule has 1 aromatic heterocycles. The number of benzene rings is 1. The third-order valence-electron chi connectivity index (χ3n) is 4.26. The number of hydrogen-bond acceptors (Lipinski definition) is 4. The van der Waals surface area contributed by atoms with Gasteiger partial charge in [-0.3, -0.25) is 0 Å². The number of halogens is 3. The predicted molar refractivity (Wildman–Crippen MR) is 81.4 cm³/mol. The Morgan fingerprint density at radius 1 is 1.21 bits per heavy atom. The van der Waals surface area contributed by atoms with E-state index in [-0.39, 0.29) is 13.0 Å². The van der Waals surface area contributed by atoms with Crippen LogP contribution in [0, 0.1) is 5.92 Å². The van der Waals surface area contributed by atoms with Crippen molar-refractivity contribution in [1.29, 1.82) is 0 Å². The molecule has 1 aliphatic heterocycles. The largest absolute Gasteiger partial charge is 0.497 e. The Bertz CT molecular complexity index is 682. The van der Waals surface area contributed by atoms with Crippen molar-refractivity contribution in [2.75, 3.05) is 7.11 Å². The molecule has 0 bridgehead atoms. The standard InChI is InChI=1S/C16H19F3N4O/c1-24-13-5-2-11(3-6-13)8-20-9-15-22-21-14-7-4-12(10-23(14)15)16(17,18)19/h2-3,5-6,12,20H,4,7-10H2,1H3/t12-/m0/s1. The first-order valence-corrected chi connectivity index (χ1v) is 7.78. The Hall–Kier alpha value is -2.09. The predicted octanol–water partition coefficient (Wildman–Crippen LogP) is 2.70. The lowest BCUT2D eigenvalue weighted by atomic mass is 9.99. The van der Waals surface area contributed by atoms with Crippen molar-refractivity contribution in [2.24, 2.45) is 5.92 Å². The van der Waals surface area contributed by atoms with Crippen LogP contribution in [0.4, 0.5) is 13.2 Å². The molecule has 5 nitrogen and oxygen atoms in total. The molecule has 0 saturated heterocycles. The van der Waals surface area contributed by atoms with Crippen LogP contribution in [0.2, 0.25) is 0 Å². The van der Waals surface area contributed by atoms with Gasteiger partial charge in [0.2, 0.25) is 0 Å². The van der Waals surface area contributed by atoms with Crippen molar-refractivity contribution < 1.29 is 17.9 Å². The number of alkyl halides is 3. The van der Waals surface area contributed by atoms with Gasteiger partial charge in [-0.25, -0.2) is 0 Å². The van der Waals surface area contributed by atoms with Crippen LogP contribution in [0.15, 0.2) is 24.3 Å². The van der Waals surface area contributed by atoms with Crippen LogP contribution < -0.4 is 10.1 Å². The SMILES string of the molecule is COc1ccc(CNCc2nnc3n2C[C@@H](C(F)(F)F)CC3)cc1. The highest BCUT2D eigenvalue weighted by Gasteiger charge is 2.42. The third kappa shape index (κ3) is 3.69. The zero-order valence-corrected chi connectivity index (χ0v) is 13.3. The highest BCUT2D eigenvalue weighted by Crippen LogP contribution is 2.34. The van der Waals surface area contributed by atoms with Gasteiger partial charge >= 0.3 is 6.18 Å². The van der Waals surface area contributed by atoms with Crippen molar-refractivity contribution in [3.63, 3.8) is 0 Å². The number of nitrogens with zero attached hydrogens (tertiary/aromatic N) is 3. The summed E-state index contributed by atoms with van der Waals surface area (Å²) in [6.07, 6.45) is -3.77. The maximum atomic E-state index is 12.9. The van der Waals surface area contributed by atoms with Gasteiger partial charge in [0, 0.05) is 19.5 Å². The Morgan fingerprint density at radius 2 is 1.96 bits per heavy atom. The van der Waals surface area contributed by atoms with Gasteiger partial charge in [-0.15, -0.1) is 10.2 Å². The Labute approximate surface area is 137 Å². The highest BCUT2D eigenvalue weighted by molar-refractivity contribution is 5.27. The van der Waals surface area contributed by atoms with Crippen LogP contribution in [0.5, 0.6) is 5.75 Å². The quantitative estimate of drug-likeness (QED) is 0.909. The molecule has 1 aliphatic rings. The molecule has 2 aromatic rings. The summed E-state index contributed by atoms with van der Waals surface area (Å²) < 4.78 is 45.5. The first kappa shape index (κ1) is 16.8. The van der Waals surface area contributed by atoms with Crippen LogP contribution >= 0.6 is 0 Å². The molecule has 24 heavy (non-hydrogen) atoms. The van der Waals surface area contributed by atoms with Crippen LogP contribution in [0.1, 0.15) is 23.6 Å². The van der Waals surface area contributed by atoms with Gasteiger partial charge in [-0.05, 0) is 24.1 Å².